The number of aromatic hydroxyl groups is 1. The van der Waals surface area contributed by atoms with Gasteiger partial charge in [0, 0.05) is 0 Å². The zero-order chi connectivity index (χ0) is 13.7. The SMILES string of the molecule is CCc1ccc(N=Nc2ccc(O)c(C=O)c2)cc1. The predicted octanol–water partition coefficient (Wildman–Crippen LogP) is 4.18. The van der Waals surface area contributed by atoms with Crippen molar-refractivity contribution in [2.45, 2.75) is 13.3 Å². The molecule has 1 N–H and O–H groups in total. The molecule has 0 radical (unpaired) electrons. The fraction of sp³-hybridized carbons (Fsp3) is 0.133. The highest BCUT2D eigenvalue weighted by Crippen LogP contribution is 2.24. The van der Waals surface area contributed by atoms with Gasteiger partial charge in [0.2, 0.25) is 0 Å². The number of phenolic OH excluding ortho intramolecular Hbond substituents is 1. The van der Waals surface area contributed by atoms with Crippen molar-refractivity contribution in [2.24, 2.45) is 10.2 Å². The maximum atomic E-state index is 10.7. The van der Waals surface area contributed by atoms with E-state index in [1.807, 2.05) is 24.3 Å². The van der Waals surface area contributed by atoms with E-state index in [4.69, 9.17) is 0 Å². The van der Waals surface area contributed by atoms with Crippen LogP contribution >= 0.6 is 0 Å². The lowest BCUT2D eigenvalue weighted by Gasteiger charge is -1.98. The number of carbonyl (C=O) groups is 1. The van der Waals surface area contributed by atoms with Gasteiger partial charge in [0.25, 0.3) is 0 Å². The fourth-order valence-electron chi connectivity index (χ4n) is 1.61. The minimum Gasteiger partial charge on any atom is -0.507 e. The van der Waals surface area contributed by atoms with Crippen LogP contribution in [0.5, 0.6) is 5.75 Å². The first kappa shape index (κ1) is 13.0. The monoisotopic (exact) mass is 254 g/mol. The number of carbonyl (C=O) groups excluding carboxylic acids is 1. The molecule has 96 valence electrons. The van der Waals surface area contributed by atoms with Crippen LogP contribution in [-0.2, 0) is 6.42 Å². The Labute approximate surface area is 111 Å². The number of rotatable bonds is 4. The van der Waals surface area contributed by atoms with Gasteiger partial charge < -0.3 is 5.11 Å². The average molecular weight is 254 g/mol. The van der Waals surface area contributed by atoms with Crippen molar-refractivity contribution in [1.82, 2.24) is 0 Å². The van der Waals surface area contributed by atoms with Crippen molar-refractivity contribution < 1.29 is 9.90 Å². The van der Waals surface area contributed by atoms with Crippen molar-refractivity contribution in [3.8, 4) is 5.75 Å². The maximum absolute atomic E-state index is 10.7. The number of nitrogens with zero attached hydrogens (tertiary/aromatic N) is 2. The van der Waals surface area contributed by atoms with E-state index in [1.54, 1.807) is 6.07 Å². The number of benzene rings is 2. The summed E-state index contributed by atoms with van der Waals surface area (Å²) in [5.74, 6) is -0.0544. The molecule has 0 bridgehead atoms. The number of azo groups is 1. The topological polar surface area (TPSA) is 62.0 Å². The molecule has 0 unspecified atom stereocenters. The Morgan fingerprint density at radius 1 is 1.05 bits per heavy atom. The lowest BCUT2D eigenvalue weighted by atomic mass is 10.2. The molecular weight excluding hydrogens is 240 g/mol. The fourth-order valence-corrected chi connectivity index (χ4v) is 1.61. The summed E-state index contributed by atoms with van der Waals surface area (Å²) in [7, 11) is 0. The van der Waals surface area contributed by atoms with Crippen LogP contribution in [0.1, 0.15) is 22.8 Å². The minimum absolute atomic E-state index is 0.0544. The van der Waals surface area contributed by atoms with Gasteiger partial charge in [-0.05, 0) is 42.3 Å². The quantitative estimate of drug-likeness (QED) is 0.657. The van der Waals surface area contributed by atoms with Gasteiger partial charge in [0.1, 0.15) is 5.75 Å². The van der Waals surface area contributed by atoms with Crippen molar-refractivity contribution in [2.75, 3.05) is 0 Å². The third-order valence-electron chi connectivity index (χ3n) is 2.76. The summed E-state index contributed by atoms with van der Waals surface area (Å²) in [5, 5.41) is 17.5. The van der Waals surface area contributed by atoms with Crippen LogP contribution in [0.4, 0.5) is 11.4 Å². The molecule has 19 heavy (non-hydrogen) atoms. The Morgan fingerprint density at radius 3 is 2.32 bits per heavy atom. The van der Waals surface area contributed by atoms with Crippen molar-refractivity contribution >= 4 is 17.7 Å². The second-order valence-electron chi connectivity index (χ2n) is 4.08. The summed E-state index contributed by atoms with van der Waals surface area (Å²) in [4.78, 5) is 10.7. The van der Waals surface area contributed by atoms with E-state index >= 15 is 0 Å². The normalized spacial score (nSPS) is 10.8. The van der Waals surface area contributed by atoms with E-state index in [0.29, 0.717) is 12.0 Å². The number of phenols is 1. The van der Waals surface area contributed by atoms with Crippen molar-refractivity contribution in [3.05, 3.63) is 53.6 Å². The predicted molar refractivity (Wildman–Crippen MR) is 73.5 cm³/mol. The molecule has 2 aromatic carbocycles. The van der Waals surface area contributed by atoms with Gasteiger partial charge in [-0.2, -0.15) is 10.2 Å². The van der Waals surface area contributed by atoms with Crippen molar-refractivity contribution in [3.63, 3.8) is 0 Å². The molecule has 0 amide bonds. The van der Waals surface area contributed by atoms with Crippen LogP contribution in [0.2, 0.25) is 0 Å². The lowest BCUT2D eigenvalue weighted by Crippen LogP contribution is -1.79. The molecule has 0 aliphatic rings. The van der Waals surface area contributed by atoms with Gasteiger partial charge in [0.05, 0.1) is 16.9 Å². The highest BCUT2D eigenvalue weighted by atomic mass is 16.3. The third kappa shape index (κ3) is 3.25. The van der Waals surface area contributed by atoms with Gasteiger partial charge in [-0.1, -0.05) is 19.1 Å². The third-order valence-corrected chi connectivity index (χ3v) is 2.76. The first-order chi connectivity index (χ1) is 9.22. The maximum Gasteiger partial charge on any atom is 0.153 e. The molecular formula is C15H14N2O2. The molecule has 0 atom stereocenters. The van der Waals surface area contributed by atoms with Crippen LogP contribution in [0.3, 0.4) is 0 Å². The summed E-state index contributed by atoms with van der Waals surface area (Å²) >= 11 is 0. The van der Waals surface area contributed by atoms with E-state index in [9.17, 15) is 9.90 Å². The van der Waals surface area contributed by atoms with Crippen molar-refractivity contribution in [1.29, 1.82) is 0 Å². The average Bonchev–Trinajstić information content (AvgIpc) is 2.47. The molecule has 0 saturated carbocycles. The molecule has 0 fully saturated rings. The summed E-state index contributed by atoms with van der Waals surface area (Å²) in [6, 6.07) is 12.3. The molecule has 0 aliphatic heterocycles. The van der Waals surface area contributed by atoms with E-state index in [2.05, 4.69) is 17.2 Å². The Hall–Kier alpha value is -2.49. The first-order valence-electron chi connectivity index (χ1n) is 6.02. The van der Waals surface area contributed by atoms with E-state index in [-0.39, 0.29) is 11.3 Å². The molecule has 0 spiro atoms. The van der Waals surface area contributed by atoms with Crippen LogP contribution in [0.15, 0.2) is 52.7 Å². The Balaban J connectivity index is 2.19. The first-order valence-corrected chi connectivity index (χ1v) is 6.02. The zero-order valence-corrected chi connectivity index (χ0v) is 10.6. The zero-order valence-electron chi connectivity index (χ0n) is 10.6. The van der Waals surface area contributed by atoms with E-state index < -0.39 is 0 Å². The van der Waals surface area contributed by atoms with Gasteiger partial charge in [0.15, 0.2) is 6.29 Å². The molecule has 0 aromatic heterocycles. The Kier molecular flexibility index (Phi) is 4.03. The highest BCUT2D eigenvalue weighted by Gasteiger charge is 2.00. The van der Waals surface area contributed by atoms with Crippen LogP contribution < -0.4 is 0 Å². The summed E-state index contributed by atoms with van der Waals surface area (Å²) < 4.78 is 0. The Morgan fingerprint density at radius 2 is 1.68 bits per heavy atom. The van der Waals surface area contributed by atoms with E-state index in [1.165, 1.54) is 17.7 Å². The number of aryl methyl sites for hydroxylation is 1. The second kappa shape index (κ2) is 5.91. The largest absolute Gasteiger partial charge is 0.507 e. The highest BCUT2D eigenvalue weighted by molar-refractivity contribution is 5.80. The van der Waals surface area contributed by atoms with Crippen LogP contribution in [0, 0.1) is 0 Å². The Bertz CT molecular complexity index is 604. The minimum atomic E-state index is -0.0544. The smallest absolute Gasteiger partial charge is 0.153 e. The molecule has 4 heteroatoms. The molecule has 0 saturated heterocycles. The van der Waals surface area contributed by atoms with Crippen LogP contribution in [0.25, 0.3) is 0 Å². The molecule has 2 rings (SSSR count). The molecule has 0 heterocycles. The molecule has 2 aromatic rings. The van der Waals surface area contributed by atoms with Gasteiger partial charge in [-0.3, -0.25) is 4.79 Å². The van der Waals surface area contributed by atoms with Gasteiger partial charge in [-0.25, -0.2) is 0 Å². The number of hydrogen-bond acceptors (Lipinski definition) is 4. The number of aldehydes is 1. The second-order valence-corrected chi connectivity index (χ2v) is 4.08. The molecule has 4 nitrogen and oxygen atoms in total. The summed E-state index contributed by atoms with van der Waals surface area (Å²) in [6.07, 6.45) is 1.57. The molecule has 0 aliphatic carbocycles. The van der Waals surface area contributed by atoms with E-state index in [0.717, 1.165) is 12.1 Å². The standard InChI is InChI=1S/C15H14N2O2/c1-2-11-3-5-13(6-4-11)16-17-14-7-8-15(19)12(9-14)10-18/h3-10,19H,2H2,1H3. The lowest BCUT2D eigenvalue weighted by molar-refractivity contribution is 0.112. The number of hydrogen-bond donors (Lipinski definition) is 1. The summed E-state index contributed by atoms with van der Waals surface area (Å²) in [5.41, 5.74) is 2.72. The van der Waals surface area contributed by atoms with Gasteiger partial charge >= 0.3 is 0 Å². The van der Waals surface area contributed by atoms with Gasteiger partial charge in [-0.15, -0.1) is 0 Å². The summed E-state index contributed by atoms with van der Waals surface area (Å²) in [6.45, 7) is 2.09. The van der Waals surface area contributed by atoms with Crippen LogP contribution in [-0.4, -0.2) is 11.4 Å².